The molecule has 0 bridgehead atoms. The number of aromatic nitrogens is 2. The fourth-order valence-electron chi connectivity index (χ4n) is 2.19. The van der Waals surface area contributed by atoms with E-state index in [1.807, 2.05) is 49.8 Å². The Labute approximate surface area is 146 Å². The topological polar surface area (TPSA) is 87.4 Å². The Morgan fingerprint density at radius 2 is 2.04 bits per heavy atom. The molecule has 3 N–H and O–H groups in total. The number of aliphatic carboxylic acids is 1. The van der Waals surface area contributed by atoms with E-state index >= 15 is 0 Å². The molecule has 0 saturated carbocycles. The lowest BCUT2D eigenvalue weighted by Crippen LogP contribution is -2.32. The zero-order chi connectivity index (χ0) is 17.9. The zero-order valence-corrected chi connectivity index (χ0v) is 14.7. The molecule has 0 amide bonds. The molecule has 0 radical (unpaired) electrons. The van der Waals surface area contributed by atoms with E-state index in [1.165, 1.54) is 0 Å². The number of hydrogen-bond donors (Lipinski definition) is 3. The van der Waals surface area contributed by atoms with Gasteiger partial charge >= 0.3 is 5.97 Å². The van der Waals surface area contributed by atoms with E-state index in [2.05, 4.69) is 10.4 Å². The molecule has 2 rings (SSSR count). The summed E-state index contributed by atoms with van der Waals surface area (Å²) in [6, 6.07) is 7.45. The Bertz CT molecular complexity index is 722. The van der Waals surface area contributed by atoms with Crippen molar-refractivity contribution in [2.75, 3.05) is 6.54 Å². The maximum Gasteiger partial charge on any atom is 0.333 e. The molecule has 130 valence electrons. The second kappa shape index (κ2) is 7.34. The Hall–Kier alpha value is -1.89. The molecule has 0 aliphatic rings. The molecule has 0 spiro atoms. The van der Waals surface area contributed by atoms with Crippen LogP contribution in [0.1, 0.15) is 26.3 Å². The number of nitrogens with zero attached hydrogens (tertiary/aromatic N) is 2. The van der Waals surface area contributed by atoms with Crippen LogP contribution in [0.4, 0.5) is 0 Å². The molecule has 0 aliphatic carbocycles. The number of nitrogens with one attached hydrogen (secondary N) is 1. The fraction of sp³-hybridized carbons (Fsp3) is 0.412. The van der Waals surface area contributed by atoms with E-state index in [9.17, 15) is 9.90 Å². The molecular weight excluding hydrogens is 330 g/mol. The van der Waals surface area contributed by atoms with Gasteiger partial charge in [-0.3, -0.25) is 4.68 Å². The van der Waals surface area contributed by atoms with Crippen LogP contribution in [-0.4, -0.2) is 38.6 Å². The minimum Gasteiger partial charge on any atom is -0.479 e. The van der Waals surface area contributed by atoms with Gasteiger partial charge in [0.15, 0.2) is 6.10 Å². The molecule has 1 aromatic heterocycles. The van der Waals surface area contributed by atoms with Crippen molar-refractivity contribution in [1.82, 2.24) is 15.1 Å². The third-order valence-electron chi connectivity index (χ3n) is 3.54. The zero-order valence-electron chi connectivity index (χ0n) is 14.0. The average molecular weight is 352 g/mol. The molecule has 0 aliphatic heterocycles. The summed E-state index contributed by atoms with van der Waals surface area (Å²) >= 11 is 6.29. The van der Waals surface area contributed by atoms with Gasteiger partial charge in [-0.05, 0) is 26.8 Å². The first kappa shape index (κ1) is 18.4. The normalized spacial score (nSPS) is 13.0. The maximum atomic E-state index is 10.7. The van der Waals surface area contributed by atoms with Crippen LogP contribution in [-0.2, 0) is 16.9 Å². The first-order valence-corrected chi connectivity index (χ1v) is 8.03. The van der Waals surface area contributed by atoms with Gasteiger partial charge in [0.05, 0.1) is 16.3 Å². The number of carboxylic acid groups (broad SMARTS) is 1. The number of hydrogen-bond acceptors (Lipinski definition) is 4. The minimum absolute atomic E-state index is 0.0437. The van der Waals surface area contributed by atoms with Gasteiger partial charge in [-0.15, -0.1) is 0 Å². The third kappa shape index (κ3) is 4.35. The maximum absolute atomic E-state index is 10.7. The Balaban J connectivity index is 2.30. The lowest BCUT2D eigenvalue weighted by atomic mass is 10.1. The Morgan fingerprint density at radius 3 is 2.62 bits per heavy atom. The van der Waals surface area contributed by atoms with Crippen LogP contribution in [0.2, 0.25) is 5.02 Å². The highest BCUT2D eigenvalue weighted by molar-refractivity contribution is 6.33. The monoisotopic (exact) mass is 351 g/mol. The van der Waals surface area contributed by atoms with Crippen molar-refractivity contribution < 1.29 is 15.0 Å². The van der Waals surface area contributed by atoms with E-state index in [0.29, 0.717) is 11.6 Å². The predicted octanol–water partition coefficient (Wildman–Crippen LogP) is 2.49. The van der Waals surface area contributed by atoms with Crippen molar-refractivity contribution in [3.63, 3.8) is 0 Å². The quantitative estimate of drug-likeness (QED) is 0.744. The number of carboxylic acids is 1. The number of carbonyl (C=O) groups is 1. The second-order valence-electron chi connectivity index (χ2n) is 6.58. The summed E-state index contributed by atoms with van der Waals surface area (Å²) < 4.78 is 1.86. The summed E-state index contributed by atoms with van der Waals surface area (Å²) in [6.45, 7) is 6.46. The number of rotatable bonds is 6. The molecule has 1 aromatic carbocycles. The predicted molar refractivity (Wildman–Crippen MR) is 93.0 cm³/mol. The van der Waals surface area contributed by atoms with Crippen molar-refractivity contribution in [3.8, 4) is 11.3 Å². The summed E-state index contributed by atoms with van der Waals surface area (Å²) in [6.07, 6.45) is 0.477. The van der Waals surface area contributed by atoms with Gasteiger partial charge in [-0.25, -0.2) is 4.79 Å². The van der Waals surface area contributed by atoms with Crippen LogP contribution < -0.4 is 5.32 Å². The summed E-state index contributed by atoms with van der Waals surface area (Å²) in [5, 5.41) is 26.3. The van der Waals surface area contributed by atoms with Gasteiger partial charge in [0.1, 0.15) is 0 Å². The largest absolute Gasteiger partial charge is 0.479 e. The van der Waals surface area contributed by atoms with Crippen molar-refractivity contribution in [2.24, 2.45) is 0 Å². The molecule has 1 unspecified atom stereocenters. The van der Waals surface area contributed by atoms with E-state index in [1.54, 1.807) is 6.07 Å². The van der Waals surface area contributed by atoms with E-state index in [4.69, 9.17) is 16.7 Å². The molecule has 0 fully saturated rings. The first-order valence-electron chi connectivity index (χ1n) is 7.65. The third-order valence-corrected chi connectivity index (χ3v) is 3.87. The highest BCUT2D eigenvalue weighted by Crippen LogP contribution is 2.30. The average Bonchev–Trinajstić information content (AvgIpc) is 2.91. The van der Waals surface area contributed by atoms with Gasteiger partial charge in [0.2, 0.25) is 0 Å². The standard InChI is InChI=1S/C17H22ClN3O3/c1-17(2,3)21-10-11(8-19-9-14(22)16(23)24)15(20-21)12-6-4-5-7-13(12)18/h4-7,10,14,19,22H,8-9H2,1-3H3,(H,23,24). The number of aliphatic hydroxyl groups is 1. The van der Waals surface area contributed by atoms with Gasteiger partial charge in [0.25, 0.3) is 0 Å². The second-order valence-corrected chi connectivity index (χ2v) is 6.99. The van der Waals surface area contributed by atoms with Crippen LogP contribution in [0.5, 0.6) is 0 Å². The summed E-state index contributed by atoms with van der Waals surface area (Å²) in [5.74, 6) is -1.25. The van der Waals surface area contributed by atoms with Gasteiger partial charge in [-0.1, -0.05) is 29.8 Å². The molecule has 1 atom stereocenters. The van der Waals surface area contributed by atoms with E-state index < -0.39 is 12.1 Å². The van der Waals surface area contributed by atoms with Crippen molar-refractivity contribution in [3.05, 3.63) is 41.0 Å². The van der Waals surface area contributed by atoms with Crippen molar-refractivity contribution >= 4 is 17.6 Å². The highest BCUT2D eigenvalue weighted by atomic mass is 35.5. The van der Waals surface area contributed by atoms with E-state index in [-0.39, 0.29) is 12.1 Å². The minimum atomic E-state index is -1.44. The van der Waals surface area contributed by atoms with Crippen LogP contribution in [0.25, 0.3) is 11.3 Å². The number of aliphatic hydroxyl groups excluding tert-OH is 1. The molecule has 1 heterocycles. The first-order chi connectivity index (χ1) is 11.2. The molecule has 0 saturated heterocycles. The van der Waals surface area contributed by atoms with Gasteiger partial charge < -0.3 is 15.5 Å². The Morgan fingerprint density at radius 1 is 1.38 bits per heavy atom. The molecule has 2 aromatic rings. The van der Waals surface area contributed by atoms with Gasteiger partial charge in [-0.2, -0.15) is 5.10 Å². The highest BCUT2D eigenvalue weighted by Gasteiger charge is 2.20. The summed E-state index contributed by atoms with van der Waals surface area (Å²) in [5.41, 5.74) is 2.25. The lowest BCUT2D eigenvalue weighted by Gasteiger charge is -2.18. The van der Waals surface area contributed by atoms with Gasteiger partial charge in [0, 0.05) is 30.4 Å². The van der Waals surface area contributed by atoms with E-state index in [0.717, 1.165) is 16.8 Å². The van der Waals surface area contributed by atoms with Crippen molar-refractivity contribution in [2.45, 2.75) is 39.0 Å². The van der Waals surface area contributed by atoms with Crippen LogP contribution >= 0.6 is 11.6 Å². The lowest BCUT2D eigenvalue weighted by molar-refractivity contribution is -0.146. The molecule has 24 heavy (non-hydrogen) atoms. The Kier molecular flexibility index (Phi) is 5.64. The summed E-state index contributed by atoms with van der Waals surface area (Å²) in [4.78, 5) is 10.7. The molecule has 6 nitrogen and oxygen atoms in total. The van der Waals surface area contributed by atoms with Crippen LogP contribution in [0.3, 0.4) is 0 Å². The SMILES string of the molecule is CC(C)(C)n1cc(CNCC(O)C(=O)O)c(-c2ccccc2Cl)n1. The number of benzene rings is 1. The van der Waals surface area contributed by atoms with Crippen LogP contribution in [0.15, 0.2) is 30.5 Å². The number of halogens is 1. The molecular formula is C17H22ClN3O3. The molecule has 7 heteroatoms. The smallest absolute Gasteiger partial charge is 0.333 e. The fourth-order valence-corrected chi connectivity index (χ4v) is 2.42. The van der Waals surface area contributed by atoms with Crippen molar-refractivity contribution in [1.29, 1.82) is 0 Å². The summed E-state index contributed by atoms with van der Waals surface area (Å²) in [7, 11) is 0. The van der Waals surface area contributed by atoms with Crippen LogP contribution in [0, 0.1) is 0 Å².